The molecule has 2 aromatic rings. The lowest BCUT2D eigenvalue weighted by molar-refractivity contribution is 0.0696. The Bertz CT molecular complexity index is 578. The quantitative estimate of drug-likeness (QED) is 0.878. The van der Waals surface area contributed by atoms with Crippen LogP contribution in [0.3, 0.4) is 0 Å². The van der Waals surface area contributed by atoms with Crippen molar-refractivity contribution in [1.29, 1.82) is 0 Å². The zero-order chi connectivity index (χ0) is 14.5. The van der Waals surface area contributed by atoms with Crippen molar-refractivity contribution in [2.45, 2.75) is 13.1 Å². The van der Waals surface area contributed by atoms with Crippen molar-refractivity contribution < 1.29 is 19.1 Å². The first-order valence-electron chi connectivity index (χ1n) is 6.21. The van der Waals surface area contributed by atoms with Gasteiger partial charge in [0.05, 0.1) is 25.5 Å². The van der Waals surface area contributed by atoms with Gasteiger partial charge in [-0.25, -0.2) is 4.79 Å². The summed E-state index contributed by atoms with van der Waals surface area (Å²) in [5.74, 6) is 0.602. The fourth-order valence-corrected chi connectivity index (χ4v) is 2.05. The van der Waals surface area contributed by atoms with Crippen LogP contribution in [0.25, 0.3) is 0 Å². The summed E-state index contributed by atoms with van der Waals surface area (Å²) in [4.78, 5) is 13.1. The predicted octanol–water partition coefficient (Wildman–Crippen LogP) is 2.62. The van der Waals surface area contributed by atoms with Crippen LogP contribution in [0.15, 0.2) is 41.0 Å². The molecule has 0 atom stereocenters. The molecule has 1 N–H and O–H groups in total. The number of methoxy groups -OCH3 is 1. The largest absolute Gasteiger partial charge is 0.496 e. The van der Waals surface area contributed by atoms with Gasteiger partial charge in [0.1, 0.15) is 11.5 Å². The smallest absolute Gasteiger partial charge is 0.335 e. The summed E-state index contributed by atoms with van der Waals surface area (Å²) in [6.07, 6.45) is 1.63. The predicted molar refractivity (Wildman–Crippen MR) is 73.8 cm³/mol. The Morgan fingerprint density at radius 1 is 1.35 bits per heavy atom. The topological polar surface area (TPSA) is 62.9 Å². The Labute approximate surface area is 117 Å². The molecule has 1 aromatic heterocycles. The highest BCUT2D eigenvalue weighted by Gasteiger charge is 2.11. The van der Waals surface area contributed by atoms with E-state index in [-0.39, 0.29) is 5.56 Å². The number of hydrogen-bond donors (Lipinski definition) is 1. The number of hydrogen-bond acceptors (Lipinski definition) is 4. The molecule has 0 aliphatic heterocycles. The molecule has 0 saturated heterocycles. The molecular weight excluding hydrogens is 258 g/mol. The maximum atomic E-state index is 11.0. The highest BCUT2D eigenvalue weighted by molar-refractivity contribution is 5.88. The second-order valence-electron chi connectivity index (χ2n) is 4.58. The minimum Gasteiger partial charge on any atom is -0.496 e. The first kappa shape index (κ1) is 14.1. The van der Waals surface area contributed by atoms with Gasteiger partial charge < -0.3 is 14.3 Å². The summed E-state index contributed by atoms with van der Waals surface area (Å²) in [6.45, 7) is 1.22. The molecule has 0 unspecified atom stereocenters. The molecular formula is C15H17NO4. The van der Waals surface area contributed by atoms with Crippen molar-refractivity contribution in [3.63, 3.8) is 0 Å². The lowest BCUT2D eigenvalue weighted by Crippen LogP contribution is -2.17. The highest BCUT2D eigenvalue weighted by Crippen LogP contribution is 2.22. The standard InChI is InChI=1S/C15H17NO4/c1-16(10-13-4-3-7-20-13)9-12-8-11(15(17)18)5-6-14(12)19-2/h3-8H,9-10H2,1-2H3,(H,17,18). The summed E-state index contributed by atoms with van der Waals surface area (Å²) in [5, 5.41) is 9.04. The Morgan fingerprint density at radius 3 is 2.75 bits per heavy atom. The van der Waals surface area contributed by atoms with Gasteiger partial charge in [-0.3, -0.25) is 4.90 Å². The molecule has 0 amide bonds. The van der Waals surface area contributed by atoms with Gasteiger partial charge in [0.25, 0.3) is 0 Å². The number of aromatic carboxylic acids is 1. The summed E-state index contributed by atoms with van der Waals surface area (Å²) >= 11 is 0. The minimum atomic E-state index is -0.942. The summed E-state index contributed by atoms with van der Waals surface area (Å²) in [7, 11) is 3.52. The molecule has 20 heavy (non-hydrogen) atoms. The number of nitrogens with zero attached hydrogens (tertiary/aromatic N) is 1. The van der Waals surface area contributed by atoms with Gasteiger partial charge in [-0.15, -0.1) is 0 Å². The average molecular weight is 275 g/mol. The first-order valence-corrected chi connectivity index (χ1v) is 6.21. The van der Waals surface area contributed by atoms with Crippen molar-refractivity contribution in [3.8, 4) is 5.75 Å². The van der Waals surface area contributed by atoms with Crippen LogP contribution in [0, 0.1) is 0 Å². The molecule has 0 spiro atoms. The fourth-order valence-electron chi connectivity index (χ4n) is 2.05. The van der Waals surface area contributed by atoms with E-state index in [9.17, 15) is 4.79 Å². The molecule has 106 valence electrons. The summed E-state index contributed by atoms with van der Waals surface area (Å²) in [5.41, 5.74) is 1.09. The van der Waals surface area contributed by atoms with Crippen molar-refractivity contribution in [1.82, 2.24) is 4.90 Å². The monoisotopic (exact) mass is 275 g/mol. The van der Waals surface area contributed by atoms with E-state index in [2.05, 4.69) is 0 Å². The van der Waals surface area contributed by atoms with Crippen molar-refractivity contribution >= 4 is 5.97 Å². The number of carbonyl (C=O) groups is 1. The second kappa shape index (κ2) is 6.25. The Kier molecular flexibility index (Phi) is 4.42. The van der Waals surface area contributed by atoms with Crippen LogP contribution in [0.5, 0.6) is 5.75 Å². The van der Waals surface area contributed by atoms with E-state index in [0.717, 1.165) is 11.3 Å². The molecule has 1 aromatic carbocycles. The molecule has 2 rings (SSSR count). The summed E-state index contributed by atoms with van der Waals surface area (Å²) in [6, 6.07) is 8.60. The first-order chi connectivity index (χ1) is 9.60. The number of benzene rings is 1. The maximum absolute atomic E-state index is 11.0. The molecule has 0 fully saturated rings. The van der Waals surface area contributed by atoms with Gasteiger partial charge in [-0.1, -0.05) is 0 Å². The fraction of sp³-hybridized carbons (Fsp3) is 0.267. The molecule has 0 saturated carbocycles. The molecule has 1 heterocycles. The SMILES string of the molecule is COc1ccc(C(=O)O)cc1CN(C)Cc1ccco1. The van der Waals surface area contributed by atoms with E-state index in [1.165, 1.54) is 6.07 Å². The Morgan fingerprint density at radius 2 is 2.15 bits per heavy atom. The summed E-state index contributed by atoms with van der Waals surface area (Å²) < 4.78 is 10.6. The minimum absolute atomic E-state index is 0.257. The number of rotatable bonds is 6. The number of carboxylic acid groups (broad SMARTS) is 1. The van der Waals surface area contributed by atoms with Gasteiger partial charge in [-0.2, -0.15) is 0 Å². The molecule has 0 bridgehead atoms. The van der Waals surface area contributed by atoms with Gasteiger partial charge in [0, 0.05) is 12.1 Å². The second-order valence-corrected chi connectivity index (χ2v) is 4.58. The molecule has 5 heteroatoms. The van der Waals surface area contributed by atoms with Crippen LogP contribution in [0.4, 0.5) is 0 Å². The lowest BCUT2D eigenvalue weighted by Gasteiger charge is -2.17. The average Bonchev–Trinajstić information content (AvgIpc) is 2.91. The van der Waals surface area contributed by atoms with Crippen LogP contribution in [0.2, 0.25) is 0 Å². The van der Waals surface area contributed by atoms with Gasteiger partial charge >= 0.3 is 5.97 Å². The number of furan rings is 1. The van der Waals surface area contributed by atoms with Crippen molar-refractivity contribution in [2.24, 2.45) is 0 Å². The molecule has 0 radical (unpaired) electrons. The normalized spacial score (nSPS) is 10.8. The van der Waals surface area contributed by atoms with Crippen LogP contribution in [-0.4, -0.2) is 30.1 Å². The van der Waals surface area contributed by atoms with E-state index >= 15 is 0 Å². The van der Waals surface area contributed by atoms with E-state index in [1.807, 2.05) is 24.1 Å². The maximum Gasteiger partial charge on any atom is 0.335 e. The Hall–Kier alpha value is -2.27. The van der Waals surface area contributed by atoms with Crippen molar-refractivity contribution in [2.75, 3.05) is 14.2 Å². The Balaban J connectivity index is 2.14. The van der Waals surface area contributed by atoms with E-state index in [1.54, 1.807) is 25.5 Å². The molecule has 0 aliphatic carbocycles. The van der Waals surface area contributed by atoms with E-state index in [0.29, 0.717) is 18.8 Å². The third-order valence-corrected chi connectivity index (χ3v) is 2.97. The van der Waals surface area contributed by atoms with Gasteiger partial charge in [0.15, 0.2) is 0 Å². The highest BCUT2D eigenvalue weighted by atomic mass is 16.5. The lowest BCUT2D eigenvalue weighted by atomic mass is 10.1. The van der Waals surface area contributed by atoms with Crippen molar-refractivity contribution in [3.05, 3.63) is 53.5 Å². The van der Waals surface area contributed by atoms with Crippen LogP contribution < -0.4 is 4.74 Å². The van der Waals surface area contributed by atoms with E-state index in [4.69, 9.17) is 14.3 Å². The zero-order valence-corrected chi connectivity index (χ0v) is 11.5. The molecule has 0 aliphatic rings. The third-order valence-electron chi connectivity index (χ3n) is 2.97. The van der Waals surface area contributed by atoms with E-state index < -0.39 is 5.97 Å². The number of ether oxygens (including phenoxy) is 1. The molecule has 5 nitrogen and oxygen atoms in total. The zero-order valence-electron chi connectivity index (χ0n) is 11.5. The third kappa shape index (κ3) is 3.39. The van der Waals surface area contributed by atoms with Crippen LogP contribution in [-0.2, 0) is 13.1 Å². The van der Waals surface area contributed by atoms with Crippen LogP contribution >= 0.6 is 0 Å². The van der Waals surface area contributed by atoms with Gasteiger partial charge in [0.2, 0.25) is 0 Å². The number of carboxylic acids is 1. The van der Waals surface area contributed by atoms with Crippen LogP contribution in [0.1, 0.15) is 21.7 Å². The van der Waals surface area contributed by atoms with Gasteiger partial charge in [-0.05, 0) is 37.4 Å².